The van der Waals surface area contributed by atoms with Crippen molar-refractivity contribution in [1.29, 1.82) is 0 Å². The molecular weight excluding hydrogens is 274 g/mol. The molecule has 0 fully saturated rings. The molecule has 0 aliphatic heterocycles. The Hall–Kier alpha value is -2.14. The van der Waals surface area contributed by atoms with Gasteiger partial charge in [-0.25, -0.2) is 13.6 Å². The van der Waals surface area contributed by atoms with Crippen molar-refractivity contribution >= 4 is 29.0 Å². The highest BCUT2D eigenvalue weighted by Crippen LogP contribution is 2.17. The predicted molar refractivity (Wildman–Crippen MR) is 70.5 cm³/mol. The van der Waals surface area contributed by atoms with E-state index >= 15 is 0 Å². The quantitative estimate of drug-likeness (QED) is 0.849. The summed E-state index contributed by atoms with van der Waals surface area (Å²) in [6.07, 6.45) is 0. The van der Waals surface area contributed by atoms with Crippen molar-refractivity contribution in [2.45, 2.75) is 0 Å². The monoisotopic (exact) mass is 282 g/mol. The van der Waals surface area contributed by atoms with Crippen molar-refractivity contribution < 1.29 is 13.6 Å². The summed E-state index contributed by atoms with van der Waals surface area (Å²) in [6.45, 7) is 0. The normalized spacial score (nSPS) is 10.1. The summed E-state index contributed by atoms with van der Waals surface area (Å²) >= 11 is 5.70. The molecule has 2 rings (SSSR count). The number of halogens is 3. The number of carbonyl (C=O) groups is 1. The van der Waals surface area contributed by atoms with Crippen molar-refractivity contribution in [3.63, 3.8) is 0 Å². The Morgan fingerprint density at radius 2 is 1.68 bits per heavy atom. The second-order valence-corrected chi connectivity index (χ2v) is 4.15. The number of hydrogen-bond acceptors (Lipinski definition) is 1. The van der Waals surface area contributed by atoms with E-state index in [1.807, 2.05) is 0 Å². The van der Waals surface area contributed by atoms with Crippen LogP contribution in [0, 0.1) is 11.6 Å². The van der Waals surface area contributed by atoms with Crippen molar-refractivity contribution in [3.05, 3.63) is 59.1 Å². The smallest absolute Gasteiger partial charge is 0.308 e. The van der Waals surface area contributed by atoms with Gasteiger partial charge in [-0.05, 0) is 36.4 Å². The maximum atomic E-state index is 13.3. The Morgan fingerprint density at radius 1 is 1.00 bits per heavy atom. The van der Waals surface area contributed by atoms with E-state index in [2.05, 4.69) is 10.6 Å². The van der Waals surface area contributed by atoms with Crippen LogP contribution in [0.25, 0.3) is 0 Å². The molecule has 0 heterocycles. The molecule has 0 saturated carbocycles. The van der Waals surface area contributed by atoms with Gasteiger partial charge in [0, 0.05) is 16.8 Å². The fourth-order valence-electron chi connectivity index (χ4n) is 1.41. The average molecular weight is 283 g/mol. The van der Waals surface area contributed by atoms with Gasteiger partial charge in [-0.3, -0.25) is 0 Å². The Labute approximate surface area is 113 Å². The third kappa shape index (κ3) is 3.66. The summed E-state index contributed by atoms with van der Waals surface area (Å²) < 4.78 is 26.2. The van der Waals surface area contributed by atoms with E-state index in [0.29, 0.717) is 10.7 Å². The molecule has 2 N–H and O–H groups in total. The molecule has 6 heteroatoms. The van der Waals surface area contributed by atoms with Crippen LogP contribution in [0.4, 0.5) is 25.0 Å². The molecule has 0 atom stereocenters. The van der Waals surface area contributed by atoms with Gasteiger partial charge in [0.15, 0.2) is 0 Å². The molecule has 0 radical (unpaired) electrons. The molecule has 0 spiro atoms. The summed E-state index contributed by atoms with van der Waals surface area (Å²) in [5, 5.41) is 5.21. The van der Waals surface area contributed by atoms with E-state index in [-0.39, 0.29) is 5.69 Å². The van der Waals surface area contributed by atoms with E-state index in [4.69, 9.17) is 11.6 Å². The van der Waals surface area contributed by atoms with Gasteiger partial charge in [0.1, 0.15) is 11.6 Å². The maximum Gasteiger partial charge on any atom is 0.323 e. The zero-order valence-electron chi connectivity index (χ0n) is 9.58. The molecule has 2 amide bonds. The van der Waals surface area contributed by atoms with Crippen molar-refractivity contribution in [1.82, 2.24) is 0 Å². The van der Waals surface area contributed by atoms with Gasteiger partial charge in [0.25, 0.3) is 0 Å². The zero-order chi connectivity index (χ0) is 13.8. The number of rotatable bonds is 2. The van der Waals surface area contributed by atoms with Gasteiger partial charge in [-0.15, -0.1) is 0 Å². The highest BCUT2D eigenvalue weighted by molar-refractivity contribution is 6.30. The fourth-order valence-corrected chi connectivity index (χ4v) is 1.54. The van der Waals surface area contributed by atoms with Crippen LogP contribution < -0.4 is 10.6 Å². The topological polar surface area (TPSA) is 41.1 Å². The van der Waals surface area contributed by atoms with E-state index in [9.17, 15) is 13.6 Å². The van der Waals surface area contributed by atoms with Gasteiger partial charge in [-0.1, -0.05) is 11.6 Å². The average Bonchev–Trinajstić information content (AvgIpc) is 2.37. The van der Waals surface area contributed by atoms with Gasteiger partial charge in [0.05, 0.1) is 5.69 Å². The van der Waals surface area contributed by atoms with E-state index < -0.39 is 17.7 Å². The van der Waals surface area contributed by atoms with Crippen LogP contribution in [-0.2, 0) is 0 Å². The molecular formula is C13H9ClF2N2O. The van der Waals surface area contributed by atoms with Gasteiger partial charge in [0.2, 0.25) is 0 Å². The first-order valence-electron chi connectivity index (χ1n) is 5.33. The summed E-state index contributed by atoms with van der Waals surface area (Å²) in [4.78, 5) is 11.6. The summed E-state index contributed by atoms with van der Waals surface area (Å²) in [6, 6.07) is 8.50. The van der Waals surface area contributed by atoms with E-state index in [1.165, 1.54) is 0 Å². The molecule has 0 aliphatic rings. The lowest BCUT2D eigenvalue weighted by Crippen LogP contribution is -2.20. The molecule has 0 aromatic heterocycles. The number of amides is 2. The third-order valence-electron chi connectivity index (χ3n) is 2.28. The number of anilines is 2. The third-order valence-corrected chi connectivity index (χ3v) is 2.53. The van der Waals surface area contributed by atoms with E-state index in [1.54, 1.807) is 24.3 Å². The van der Waals surface area contributed by atoms with Crippen LogP contribution >= 0.6 is 11.6 Å². The number of nitrogens with one attached hydrogen (secondary N) is 2. The van der Waals surface area contributed by atoms with E-state index in [0.717, 1.165) is 18.2 Å². The van der Waals surface area contributed by atoms with Gasteiger partial charge >= 0.3 is 6.03 Å². The molecule has 19 heavy (non-hydrogen) atoms. The van der Waals surface area contributed by atoms with Gasteiger partial charge < -0.3 is 10.6 Å². The number of carbonyl (C=O) groups excluding carboxylic acids is 1. The van der Waals surface area contributed by atoms with Crippen molar-refractivity contribution in [2.75, 3.05) is 10.6 Å². The zero-order valence-corrected chi connectivity index (χ0v) is 10.3. The molecule has 0 bridgehead atoms. The lowest BCUT2D eigenvalue weighted by molar-refractivity contribution is 0.262. The first kappa shape index (κ1) is 13.3. The minimum atomic E-state index is -0.715. The van der Waals surface area contributed by atoms with Crippen LogP contribution in [0.2, 0.25) is 5.02 Å². The second-order valence-electron chi connectivity index (χ2n) is 3.71. The SMILES string of the molecule is O=C(Nc1ccc(Cl)cc1)Nc1cc(F)ccc1F. The maximum absolute atomic E-state index is 13.3. The number of hydrogen-bond donors (Lipinski definition) is 2. The summed E-state index contributed by atoms with van der Waals surface area (Å²) in [5.74, 6) is -1.35. The Bertz CT molecular complexity index is 602. The minimum Gasteiger partial charge on any atom is -0.308 e. The van der Waals surface area contributed by atoms with Crippen LogP contribution in [0.15, 0.2) is 42.5 Å². The molecule has 2 aromatic carbocycles. The number of urea groups is 1. The largest absolute Gasteiger partial charge is 0.323 e. The molecule has 0 unspecified atom stereocenters. The number of benzene rings is 2. The minimum absolute atomic E-state index is 0.230. The highest BCUT2D eigenvalue weighted by Gasteiger charge is 2.08. The van der Waals surface area contributed by atoms with Gasteiger partial charge in [-0.2, -0.15) is 0 Å². The first-order chi connectivity index (χ1) is 9.04. The van der Waals surface area contributed by atoms with Crippen molar-refractivity contribution in [3.8, 4) is 0 Å². The molecule has 3 nitrogen and oxygen atoms in total. The second kappa shape index (κ2) is 5.67. The van der Waals surface area contributed by atoms with Crippen LogP contribution in [0.1, 0.15) is 0 Å². The standard InChI is InChI=1S/C13H9ClF2N2O/c14-8-1-4-10(5-2-8)17-13(19)18-12-7-9(15)3-6-11(12)16/h1-7H,(H2,17,18,19). The van der Waals surface area contributed by atoms with Crippen LogP contribution in [0.3, 0.4) is 0 Å². The highest BCUT2D eigenvalue weighted by atomic mass is 35.5. The molecule has 0 saturated heterocycles. The Balaban J connectivity index is 2.05. The molecule has 2 aromatic rings. The molecule has 0 aliphatic carbocycles. The van der Waals surface area contributed by atoms with Crippen LogP contribution in [0.5, 0.6) is 0 Å². The van der Waals surface area contributed by atoms with Crippen LogP contribution in [-0.4, -0.2) is 6.03 Å². The first-order valence-corrected chi connectivity index (χ1v) is 5.71. The Morgan fingerprint density at radius 3 is 2.37 bits per heavy atom. The summed E-state index contributed by atoms with van der Waals surface area (Å²) in [7, 11) is 0. The Kier molecular flexibility index (Phi) is 3.97. The summed E-state index contributed by atoms with van der Waals surface area (Å²) in [5.41, 5.74) is 0.255. The predicted octanol–water partition coefficient (Wildman–Crippen LogP) is 4.26. The lowest BCUT2D eigenvalue weighted by Gasteiger charge is -2.08. The lowest BCUT2D eigenvalue weighted by atomic mass is 10.3. The molecule has 98 valence electrons. The van der Waals surface area contributed by atoms with Crippen molar-refractivity contribution in [2.24, 2.45) is 0 Å². The fraction of sp³-hybridized carbons (Fsp3) is 0.